The fourth-order valence-corrected chi connectivity index (χ4v) is 1.76. The van der Waals surface area contributed by atoms with E-state index in [1.807, 2.05) is 0 Å². The van der Waals surface area contributed by atoms with Crippen LogP contribution in [0.3, 0.4) is 0 Å². The minimum absolute atomic E-state index is 0. The van der Waals surface area contributed by atoms with E-state index in [1.165, 1.54) is 36.5 Å². The second-order valence-electron chi connectivity index (χ2n) is 4.14. The Labute approximate surface area is 130 Å². The molecular weight excluding hydrogens is 312 g/mol. The molecule has 8 heteroatoms. The lowest BCUT2D eigenvalue weighted by atomic mass is 10.2. The molecule has 0 aromatic heterocycles. The summed E-state index contributed by atoms with van der Waals surface area (Å²) < 4.78 is 0. The first-order valence-corrected chi connectivity index (χ1v) is 6.18. The van der Waals surface area contributed by atoms with E-state index in [9.17, 15) is 20.1 Å². The monoisotopic (exact) mass is 324 g/mol. The van der Waals surface area contributed by atoms with E-state index < -0.39 is 5.91 Å². The first-order valence-electron chi connectivity index (χ1n) is 5.80. The van der Waals surface area contributed by atoms with Gasteiger partial charge in [-0.05, 0) is 30.3 Å². The summed E-state index contributed by atoms with van der Waals surface area (Å²) in [4.78, 5) is 11.8. The van der Waals surface area contributed by atoms with Gasteiger partial charge in [-0.15, -0.1) is 0 Å². The molecular formula is C14H13ClN2O5. The van der Waals surface area contributed by atoms with Crippen LogP contribution in [0.4, 0.5) is 0 Å². The lowest BCUT2D eigenvalue weighted by Crippen LogP contribution is -2.17. The number of nitrogens with zero attached hydrogens (tertiary/aromatic N) is 1. The molecule has 2 rings (SSSR count). The first-order chi connectivity index (χ1) is 9.95. The van der Waals surface area contributed by atoms with Crippen molar-refractivity contribution in [1.29, 1.82) is 0 Å². The standard InChI is InChI=1S/C14H11ClN2O4.H2O/c15-10-1-2-13(20)9(3-10)7-16-17-14(21)8-4-11(18)6-12(19)5-8;/h1-7,18-20H,(H,17,21);1H2/b16-7+;. The van der Waals surface area contributed by atoms with Crippen LogP contribution in [0.5, 0.6) is 17.2 Å². The number of nitrogens with one attached hydrogen (secondary N) is 1. The lowest BCUT2D eigenvalue weighted by molar-refractivity contribution is 0.0954. The Morgan fingerprint density at radius 3 is 2.36 bits per heavy atom. The highest BCUT2D eigenvalue weighted by Crippen LogP contribution is 2.21. The third kappa shape index (κ3) is 4.37. The van der Waals surface area contributed by atoms with Crippen molar-refractivity contribution in [2.45, 2.75) is 0 Å². The van der Waals surface area contributed by atoms with Gasteiger partial charge in [0.1, 0.15) is 17.2 Å². The zero-order chi connectivity index (χ0) is 15.4. The maximum absolute atomic E-state index is 11.8. The minimum Gasteiger partial charge on any atom is -0.508 e. The van der Waals surface area contributed by atoms with E-state index in [0.29, 0.717) is 10.6 Å². The number of phenols is 3. The van der Waals surface area contributed by atoms with Gasteiger partial charge < -0.3 is 20.8 Å². The third-order valence-electron chi connectivity index (χ3n) is 2.52. The SMILES string of the molecule is O.O=C(N/N=C/c1cc(Cl)ccc1O)c1cc(O)cc(O)c1. The molecule has 0 atom stereocenters. The average Bonchev–Trinajstić information content (AvgIpc) is 2.41. The zero-order valence-electron chi connectivity index (χ0n) is 11.1. The number of halogens is 1. The smallest absolute Gasteiger partial charge is 0.271 e. The van der Waals surface area contributed by atoms with Crippen molar-refractivity contribution in [3.8, 4) is 17.2 Å². The molecule has 0 spiro atoms. The van der Waals surface area contributed by atoms with Gasteiger partial charge in [0.25, 0.3) is 5.91 Å². The average molecular weight is 325 g/mol. The number of carbonyl (C=O) groups excluding carboxylic acids is 1. The maximum atomic E-state index is 11.8. The van der Waals surface area contributed by atoms with Gasteiger partial charge in [0.05, 0.1) is 6.21 Å². The highest BCUT2D eigenvalue weighted by atomic mass is 35.5. The first kappa shape index (κ1) is 17.3. The fourth-order valence-electron chi connectivity index (χ4n) is 1.58. The Morgan fingerprint density at radius 1 is 1.09 bits per heavy atom. The van der Waals surface area contributed by atoms with Crippen LogP contribution in [-0.2, 0) is 0 Å². The maximum Gasteiger partial charge on any atom is 0.271 e. The number of carbonyl (C=O) groups is 1. The van der Waals surface area contributed by atoms with Crippen molar-refractivity contribution >= 4 is 23.7 Å². The molecule has 0 heterocycles. The molecule has 6 N–H and O–H groups in total. The Kier molecular flexibility index (Phi) is 5.73. The number of hydrazone groups is 1. The summed E-state index contributed by atoms with van der Waals surface area (Å²) in [5, 5.41) is 32.2. The zero-order valence-corrected chi connectivity index (χ0v) is 11.9. The van der Waals surface area contributed by atoms with Gasteiger partial charge in [0, 0.05) is 22.2 Å². The van der Waals surface area contributed by atoms with Gasteiger partial charge in [-0.1, -0.05) is 11.6 Å². The fraction of sp³-hybridized carbons (Fsp3) is 0. The molecule has 0 unspecified atom stereocenters. The van der Waals surface area contributed by atoms with Crippen LogP contribution in [0.25, 0.3) is 0 Å². The highest BCUT2D eigenvalue weighted by Gasteiger charge is 2.07. The van der Waals surface area contributed by atoms with E-state index in [2.05, 4.69) is 10.5 Å². The van der Waals surface area contributed by atoms with Crippen LogP contribution in [0.1, 0.15) is 15.9 Å². The molecule has 0 radical (unpaired) electrons. The second-order valence-corrected chi connectivity index (χ2v) is 4.58. The summed E-state index contributed by atoms with van der Waals surface area (Å²) >= 11 is 5.77. The van der Waals surface area contributed by atoms with E-state index in [0.717, 1.165) is 6.07 Å². The molecule has 7 nitrogen and oxygen atoms in total. The predicted octanol–water partition coefficient (Wildman–Crippen LogP) is 1.40. The van der Waals surface area contributed by atoms with Crippen LogP contribution in [0, 0.1) is 0 Å². The molecule has 0 saturated heterocycles. The lowest BCUT2D eigenvalue weighted by Gasteiger charge is -2.02. The summed E-state index contributed by atoms with van der Waals surface area (Å²) in [7, 11) is 0. The number of rotatable bonds is 3. The normalized spacial score (nSPS) is 10.2. The van der Waals surface area contributed by atoms with Crippen LogP contribution >= 0.6 is 11.6 Å². The van der Waals surface area contributed by atoms with Gasteiger partial charge in [-0.2, -0.15) is 5.10 Å². The van der Waals surface area contributed by atoms with Crippen LogP contribution in [0.2, 0.25) is 5.02 Å². The Bertz CT molecular complexity index is 698. The molecule has 0 aliphatic carbocycles. The number of aromatic hydroxyl groups is 3. The summed E-state index contributed by atoms with van der Waals surface area (Å²) in [5.74, 6) is -1.14. The van der Waals surface area contributed by atoms with Gasteiger partial charge in [-0.25, -0.2) is 5.43 Å². The number of hydrogen-bond acceptors (Lipinski definition) is 5. The molecule has 0 aliphatic heterocycles. The van der Waals surface area contributed by atoms with E-state index in [-0.39, 0.29) is 28.3 Å². The number of hydrogen-bond donors (Lipinski definition) is 4. The largest absolute Gasteiger partial charge is 0.508 e. The third-order valence-corrected chi connectivity index (χ3v) is 2.76. The Morgan fingerprint density at radius 2 is 1.73 bits per heavy atom. The van der Waals surface area contributed by atoms with Crippen LogP contribution in [0.15, 0.2) is 41.5 Å². The van der Waals surface area contributed by atoms with Crippen molar-refractivity contribution in [2.75, 3.05) is 0 Å². The van der Waals surface area contributed by atoms with Crippen LogP contribution < -0.4 is 5.43 Å². The molecule has 0 fully saturated rings. The molecule has 116 valence electrons. The van der Waals surface area contributed by atoms with Crippen molar-refractivity contribution in [3.05, 3.63) is 52.5 Å². The Hall–Kier alpha value is -2.77. The molecule has 0 saturated carbocycles. The summed E-state index contributed by atoms with van der Waals surface area (Å²) in [5.41, 5.74) is 2.58. The van der Waals surface area contributed by atoms with E-state index in [4.69, 9.17) is 11.6 Å². The summed E-state index contributed by atoms with van der Waals surface area (Å²) in [6.45, 7) is 0. The molecule has 0 bridgehead atoms. The van der Waals surface area contributed by atoms with Crippen molar-refractivity contribution in [3.63, 3.8) is 0 Å². The molecule has 22 heavy (non-hydrogen) atoms. The second kappa shape index (κ2) is 7.30. The topological polar surface area (TPSA) is 134 Å². The molecule has 2 aromatic rings. The molecule has 2 aromatic carbocycles. The number of amides is 1. The summed E-state index contributed by atoms with van der Waals surface area (Å²) in [6, 6.07) is 7.86. The van der Waals surface area contributed by atoms with Crippen molar-refractivity contribution in [1.82, 2.24) is 5.43 Å². The minimum atomic E-state index is -0.626. The highest BCUT2D eigenvalue weighted by molar-refractivity contribution is 6.30. The van der Waals surface area contributed by atoms with E-state index in [1.54, 1.807) is 0 Å². The van der Waals surface area contributed by atoms with Gasteiger partial charge in [-0.3, -0.25) is 4.79 Å². The van der Waals surface area contributed by atoms with E-state index >= 15 is 0 Å². The molecule has 0 aliphatic rings. The Balaban J connectivity index is 0.00000242. The number of benzene rings is 2. The molecule has 1 amide bonds. The summed E-state index contributed by atoms with van der Waals surface area (Å²) in [6.07, 6.45) is 1.22. The predicted molar refractivity (Wildman–Crippen MR) is 81.6 cm³/mol. The van der Waals surface area contributed by atoms with Crippen molar-refractivity contribution in [2.24, 2.45) is 5.10 Å². The van der Waals surface area contributed by atoms with Gasteiger partial charge >= 0.3 is 0 Å². The van der Waals surface area contributed by atoms with Crippen LogP contribution in [-0.4, -0.2) is 32.9 Å². The van der Waals surface area contributed by atoms with Gasteiger partial charge in [0.15, 0.2) is 0 Å². The quantitative estimate of drug-likeness (QED) is 0.501. The number of phenolic OH excluding ortho intramolecular Hbond substituents is 3. The van der Waals surface area contributed by atoms with Gasteiger partial charge in [0.2, 0.25) is 0 Å². The van der Waals surface area contributed by atoms with Crippen molar-refractivity contribution < 1.29 is 25.6 Å².